The number of hydrogen-bond acceptors (Lipinski definition) is 4. The van der Waals surface area contributed by atoms with Crippen molar-refractivity contribution in [2.24, 2.45) is 5.92 Å². The van der Waals surface area contributed by atoms with Crippen molar-refractivity contribution in [3.63, 3.8) is 0 Å². The Morgan fingerprint density at radius 3 is 2.53 bits per heavy atom. The Kier molecular flexibility index (Phi) is 7.66. The molecule has 4 rings (SSSR count). The van der Waals surface area contributed by atoms with Gasteiger partial charge in [0.2, 0.25) is 11.8 Å². The number of anilines is 1. The molecule has 1 atom stereocenters. The Morgan fingerprint density at radius 2 is 1.78 bits per heavy atom. The Hall–Kier alpha value is -2.57. The fraction of sp³-hybridized carbons (Fsp3) is 0.440. The van der Waals surface area contributed by atoms with Gasteiger partial charge in [-0.2, -0.15) is 0 Å². The fourth-order valence-corrected chi connectivity index (χ4v) is 4.64. The summed E-state index contributed by atoms with van der Waals surface area (Å²) in [7, 11) is 0. The van der Waals surface area contributed by atoms with Gasteiger partial charge in [0.1, 0.15) is 0 Å². The summed E-state index contributed by atoms with van der Waals surface area (Å²) in [4.78, 5) is 31.5. The van der Waals surface area contributed by atoms with E-state index in [9.17, 15) is 9.59 Å². The maximum Gasteiger partial charge on any atom is 0.225 e. The van der Waals surface area contributed by atoms with Crippen LogP contribution >= 0.6 is 11.6 Å². The smallest absolute Gasteiger partial charge is 0.225 e. The van der Waals surface area contributed by atoms with E-state index in [0.29, 0.717) is 26.1 Å². The zero-order chi connectivity index (χ0) is 22.3. The Morgan fingerprint density at radius 1 is 1.00 bits per heavy atom. The van der Waals surface area contributed by atoms with Crippen LogP contribution < -0.4 is 10.2 Å². The van der Waals surface area contributed by atoms with Crippen molar-refractivity contribution >= 4 is 29.1 Å². The van der Waals surface area contributed by atoms with Crippen molar-refractivity contribution in [1.29, 1.82) is 0 Å². The average Bonchev–Trinajstić information content (AvgIpc) is 3.19. The van der Waals surface area contributed by atoms with E-state index in [1.807, 2.05) is 41.3 Å². The number of likely N-dealkylation sites (tertiary alicyclic amines) is 1. The summed E-state index contributed by atoms with van der Waals surface area (Å²) in [5.41, 5.74) is 2.37. The zero-order valence-electron chi connectivity index (χ0n) is 18.4. The molecular weight excluding hydrogens is 424 g/mol. The molecule has 0 saturated carbocycles. The Balaban J connectivity index is 1.14. The number of amides is 2. The van der Waals surface area contributed by atoms with Gasteiger partial charge in [-0.25, -0.2) is 0 Å². The largest absolute Gasteiger partial charge is 0.369 e. The number of nitrogens with one attached hydrogen (secondary N) is 1. The van der Waals surface area contributed by atoms with Crippen LogP contribution in [0.1, 0.15) is 12.0 Å². The first-order chi connectivity index (χ1) is 15.6. The zero-order valence-corrected chi connectivity index (χ0v) is 19.1. The standard InChI is InChI=1S/C25H31ClN4O2/c26-22-7-4-8-23(18-22)29-15-13-28(14-16-29)12-10-27-25(32)21-17-24(31)30(19-21)11-9-20-5-2-1-3-6-20/h1-8,18,21H,9-17,19H2,(H,27,32). The second kappa shape index (κ2) is 10.8. The van der Waals surface area contributed by atoms with Crippen LogP contribution in [0.15, 0.2) is 54.6 Å². The van der Waals surface area contributed by atoms with Crippen molar-refractivity contribution in [2.75, 3.05) is 57.3 Å². The van der Waals surface area contributed by atoms with Gasteiger partial charge < -0.3 is 15.1 Å². The number of rotatable bonds is 8. The molecule has 32 heavy (non-hydrogen) atoms. The minimum absolute atomic E-state index is 0.00174. The van der Waals surface area contributed by atoms with E-state index in [-0.39, 0.29) is 17.7 Å². The molecule has 0 aliphatic carbocycles. The molecule has 2 aromatic rings. The van der Waals surface area contributed by atoms with E-state index in [4.69, 9.17) is 11.6 Å². The average molecular weight is 455 g/mol. The number of carbonyl (C=O) groups is 2. The maximum atomic E-state index is 12.6. The molecule has 7 heteroatoms. The molecule has 0 aromatic heterocycles. The molecule has 170 valence electrons. The fourth-order valence-electron chi connectivity index (χ4n) is 4.46. The molecule has 2 heterocycles. The summed E-state index contributed by atoms with van der Waals surface area (Å²) in [5, 5.41) is 3.81. The highest BCUT2D eigenvalue weighted by molar-refractivity contribution is 6.30. The summed E-state index contributed by atoms with van der Waals surface area (Å²) in [6.45, 7) is 6.44. The molecule has 6 nitrogen and oxygen atoms in total. The lowest BCUT2D eigenvalue weighted by Crippen LogP contribution is -2.48. The first-order valence-corrected chi connectivity index (χ1v) is 11.8. The van der Waals surface area contributed by atoms with Gasteiger partial charge in [0.25, 0.3) is 0 Å². The molecular formula is C25H31ClN4O2. The van der Waals surface area contributed by atoms with Crippen LogP contribution in [0.4, 0.5) is 5.69 Å². The third-order valence-electron chi connectivity index (χ3n) is 6.37. The summed E-state index contributed by atoms with van der Waals surface area (Å²) in [6.07, 6.45) is 1.14. The van der Waals surface area contributed by atoms with Crippen LogP contribution in [0.2, 0.25) is 5.02 Å². The minimum atomic E-state index is -0.238. The molecule has 0 spiro atoms. The Bertz CT molecular complexity index is 915. The second-order valence-corrected chi connectivity index (χ2v) is 9.01. The highest BCUT2D eigenvalue weighted by atomic mass is 35.5. The third kappa shape index (κ3) is 6.02. The van der Waals surface area contributed by atoms with Crippen LogP contribution in [0, 0.1) is 5.92 Å². The molecule has 2 aliphatic rings. The summed E-state index contributed by atoms with van der Waals surface area (Å²) in [6, 6.07) is 18.1. The summed E-state index contributed by atoms with van der Waals surface area (Å²) >= 11 is 6.11. The van der Waals surface area contributed by atoms with Crippen LogP contribution in [0.5, 0.6) is 0 Å². The Labute approximate surface area is 195 Å². The van der Waals surface area contributed by atoms with Crippen LogP contribution in [0.25, 0.3) is 0 Å². The molecule has 0 radical (unpaired) electrons. The van der Waals surface area contributed by atoms with Gasteiger partial charge in [-0.05, 0) is 30.2 Å². The summed E-state index contributed by atoms with van der Waals surface area (Å²) < 4.78 is 0. The van der Waals surface area contributed by atoms with Gasteiger partial charge in [-0.15, -0.1) is 0 Å². The number of hydrogen-bond donors (Lipinski definition) is 1. The van der Waals surface area contributed by atoms with Crippen molar-refractivity contribution in [3.05, 3.63) is 65.2 Å². The van der Waals surface area contributed by atoms with Gasteiger partial charge in [-0.3, -0.25) is 14.5 Å². The quantitative estimate of drug-likeness (QED) is 0.666. The van der Waals surface area contributed by atoms with Gasteiger partial charge in [0.05, 0.1) is 5.92 Å². The van der Waals surface area contributed by atoms with E-state index in [1.165, 1.54) is 5.56 Å². The number of carbonyl (C=O) groups excluding carboxylic acids is 2. The van der Waals surface area contributed by atoms with Gasteiger partial charge in [0, 0.05) is 69.5 Å². The molecule has 1 N–H and O–H groups in total. The minimum Gasteiger partial charge on any atom is -0.369 e. The molecule has 0 bridgehead atoms. The molecule has 1 unspecified atom stereocenters. The monoisotopic (exact) mass is 454 g/mol. The van der Waals surface area contributed by atoms with Gasteiger partial charge in [-0.1, -0.05) is 48.0 Å². The molecule has 2 fully saturated rings. The second-order valence-electron chi connectivity index (χ2n) is 8.58. The first kappa shape index (κ1) is 22.6. The van der Waals surface area contributed by atoms with Crippen molar-refractivity contribution < 1.29 is 9.59 Å². The predicted molar refractivity (Wildman–Crippen MR) is 128 cm³/mol. The molecule has 2 aliphatic heterocycles. The number of halogens is 1. The number of nitrogens with zero attached hydrogens (tertiary/aromatic N) is 3. The van der Waals surface area contributed by atoms with E-state index in [2.05, 4.69) is 33.3 Å². The predicted octanol–water partition coefficient (Wildman–Crippen LogP) is 2.67. The van der Waals surface area contributed by atoms with Crippen molar-refractivity contribution in [3.8, 4) is 0 Å². The van der Waals surface area contributed by atoms with Crippen LogP contribution in [0.3, 0.4) is 0 Å². The van der Waals surface area contributed by atoms with Gasteiger partial charge >= 0.3 is 0 Å². The van der Waals surface area contributed by atoms with E-state index in [0.717, 1.165) is 49.9 Å². The highest BCUT2D eigenvalue weighted by Gasteiger charge is 2.33. The first-order valence-electron chi connectivity index (χ1n) is 11.4. The van der Waals surface area contributed by atoms with Crippen molar-refractivity contribution in [2.45, 2.75) is 12.8 Å². The third-order valence-corrected chi connectivity index (χ3v) is 6.61. The SMILES string of the molecule is O=C(NCCN1CCN(c2cccc(Cl)c2)CC1)C1CC(=O)N(CCc2ccccc2)C1. The van der Waals surface area contributed by atoms with Crippen LogP contribution in [-0.4, -0.2) is 74.0 Å². The topological polar surface area (TPSA) is 55.9 Å². The lowest BCUT2D eigenvalue weighted by Gasteiger charge is -2.36. The van der Waals surface area contributed by atoms with E-state index in [1.54, 1.807) is 0 Å². The molecule has 2 saturated heterocycles. The lowest BCUT2D eigenvalue weighted by atomic mass is 10.1. The highest BCUT2D eigenvalue weighted by Crippen LogP contribution is 2.21. The van der Waals surface area contributed by atoms with Crippen LogP contribution in [-0.2, 0) is 16.0 Å². The lowest BCUT2D eigenvalue weighted by molar-refractivity contribution is -0.129. The number of piperazine rings is 1. The normalized spacial score (nSPS) is 19.4. The number of benzene rings is 2. The molecule has 2 amide bonds. The maximum absolute atomic E-state index is 12.6. The van der Waals surface area contributed by atoms with E-state index < -0.39 is 0 Å². The van der Waals surface area contributed by atoms with Crippen molar-refractivity contribution in [1.82, 2.24) is 15.1 Å². The van der Waals surface area contributed by atoms with E-state index >= 15 is 0 Å². The van der Waals surface area contributed by atoms with Gasteiger partial charge in [0.15, 0.2) is 0 Å². The summed E-state index contributed by atoms with van der Waals surface area (Å²) in [5.74, 6) is -0.158. The molecule has 2 aromatic carbocycles.